The normalized spacial score (nSPS) is 17.5. The van der Waals surface area contributed by atoms with Gasteiger partial charge in [0.2, 0.25) is 11.7 Å². The first-order valence-corrected chi connectivity index (χ1v) is 6.68. The first kappa shape index (κ1) is 14.5. The Kier molecular flexibility index (Phi) is 4.39. The van der Waals surface area contributed by atoms with E-state index in [4.69, 9.17) is 4.74 Å². The summed E-state index contributed by atoms with van der Waals surface area (Å²) in [5.41, 5.74) is 0.104. The fourth-order valence-electron chi connectivity index (χ4n) is 2.33. The van der Waals surface area contributed by atoms with Gasteiger partial charge in [0.1, 0.15) is 0 Å². The maximum absolute atomic E-state index is 11.0. The van der Waals surface area contributed by atoms with Gasteiger partial charge in [-0.1, -0.05) is 6.92 Å². The van der Waals surface area contributed by atoms with Crippen LogP contribution in [0.25, 0.3) is 0 Å². The number of nitrogens with zero attached hydrogens (tertiary/aromatic N) is 2. The Balaban J connectivity index is 2.12. The minimum Gasteiger partial charge on any atom is -0.481 e. The quantitative estimate of drug-likeness (QED) is 0.631. The van der Waals surface area contributed by atoms with Crippen LogP contribution in [0.1, 0.15) is 19.8 Å². The lowest BCUT2D eigenvalue weighted by Crippen LogP contribution is -2.39. The van der Waals surface area contributed by atoms with Crippen LogP contribution in [0.2, 0.25) is 0 Å². The molecule has 0 aromatic carbocycles. The smallest absolute Gasteiger partial charge is 0.311 e. The summed E-state index contributed by atoms with van der Waals surface area (Å²) < 4.78 is 5.02. The number of aromatic nitrogens is 1. The second-order valence-corrected chi connectivity index (χ2v) is 5.39. The van der Waals surface area contributed by atoms with Crippen molar-refractivity contribution >= 4 is 11.5 Å². The number of pyridine rings is 1. The van der Waals surface area contributed by atoms with Gasteiger partial charge in [-0.25, -0.2) is 0 Å². The highest BCUT2D eigenvalue weighted by atomic mass is 16.6. The standard InChI is InChI=1S/C13H20N4O3/c1-13(5-7-14-8-6-13)9-15-12-10(17(18)19)3-4-11(16-12)20-2/h3-4,14H,5-9H2,1-2H3,(H,15,16). The van der Waals surface area contributed by atoms with Crippen molar-refractivity contribution in [2.75, 3.05) is 32.1 Å². The lowest BCUT2D eigenvalue weighted by Gasteiger charge is -2.34. The first-order valence-electron chi connectivity index (χ1n) is 6.68. The molecule has 2 rings (SSSR count). The summed E-state index contributed by atoms with van der Waals surface area (Å²) in [4.78, 5) is 14.7. The van der Waals surface area contributed by atoms with Crippen LogP contribution in [0.4, 0.5) is 11.5 Å². The van der Waals surface area contributed by atoms with Crippen molar-refractivity contribution in [1.29, 1.82) is 0 Å². The topological polar surface area (TPSA) is 89.3 Å². The number of methoxy groups -OCH3 is 1. The number of hydrogen-bond donors (Lipinski definition) is 2. The van der Waals surface area contributed by atoms with Crippen LogP contribution in [0.5, 0.6) is 5.88 Å². The van der Waals surface area contributed by atoms with Crippen molar-refractivity contribution in [3.05, 3.63) is 22.2 Å². The Bertz CT molecular complexity index is 487. The molecule has 1 aliphatic heterocycles. The fraction of sp³-hybridized carbons (Fsp3) is 0.615. The van der Waals surface area contributed by atoms with E-state index in [1.165, 1.54) is 19.2 Å². The maximum atomic E-state index is 11.0. The van der Waals surface area contributed by atoms with Gasteiger partial charge in [0.05, 0.1) is 12.0 Å². The van der Waals surface area contributed by atoms with Crippen molar-refractivity contribution in [2.45, 2.75) is 19.8 Å². The van der Waals surface area contributed by atoms with E-state index in [9.17, 15) is 10.1 Å². The monoisotopic (exact) mass is 280 g/mol. The van der Waals surface area contributed by atoms with E-state index in [0.29, 0.717) is 12.4 Å². The molecule has 2 heterocycles. The average Bonchev–Trinajstić information content (AvgIpc) is 2.45. The van der Waals surface area contributed by atoms with Gasteiger partial charge in [-0.3, -0.25) is 10.1 Å². The number of ether oxygens (including phenoxy) is 1. The third-order valence-corrected chi connectivity index (χ3v) is 3.75. The van der Waals surface area contributed by atoms with Crippen LogP contribution in [0.15, 0.2) is 12.1 Å². The summed E-state index contributed by atoms with van der Waals surface area (Å²) >= 11 is 0. The molecule has 7 heteroatoms. The summed E-state index contributed by atoms with van der Waals surface area (Å²) in [6, 6.07) is 2.91. The van der Waals surface area contributed by atoms with E-state index in [2.05, 4.69) is 22.5 Å². The van der Waals surface area contributed by atoms with E-state index in [-0.39, 0.29) is 16.9 Å². The van der Waals surface area contributed by atoms with Crippen LogP contribution in [0.3, 0.4) is 0 Å². The van der Waals surface area contributed by atoms with E-state index in [1.54, 1.807) is 0 Å². The van der Waals surface area contributed by atoms with Gasteiger partial charge in [-0.05, 0) is 31.3 Å². The first-order chi connectivity index (χ1) is 9.54. The van der Waals surface area contributed by atoms with E-state index in [0.717, 1.165) is 25.9 Å². The molecule has 0 unspecified atom stereocenters. The molecule has 1 aromatic rings. The molecule has 20 heavy (non-hydrogen) atoms. The highest BCUT2D eigenvalue weighted by Crippen LogP contribution is 2.30. The van der Waals surface area contributed by atoms with E-state index in [1.807, 2.05) is 0 Å². The Morgan fingerprint density at radius 3 is 2.80 bits per heavy atom. The van der Waals surface area contributed by atoms with Gasteiger partial charge >= 0.3 is 5.69 Å². The summed E-state index contributed by atoms with van der Waals surface area (Å²) in [5.74, 6) is 0.641. The zero-order valence-electron chi connectivity index (χ0n) is 11.8. The molecular formula is C13H20N4O3. The lowest BCUT2D eigenvalue weighted by molar-refractivity contribution is -0.384. The van der Waals surface area contributed by atoms with Gasteiger partial charge in [0.25, 0.3) is 0 Å². The highest BCUT2D eigenvalue weighted by Gasteiger charge is 2.27. The third-order valence-electron chi connectivity index (χ3n) is 3.75. The third kappa shape index (κ3) is 3.36. The minimum absolute atomic E-state index is 0.0247. The van der Waals surface area contributed by atoms with Crippen LogP contribution >= 0.6 is 0 Å². The molecule has 110 valence electrons. The molecule has 1 fully saturated rings. The van der Waals surface area contributed by atoms with Crippen molar-refractivity contribution in [2.24, 2.45) is 5.41 Å². The Morgan fingerprint density at radius 2 is 2.20 bits per heavy atom. The number of nitrogens with one attached hydrogen (secondary N) is 2. The van der Waals surface area contributed by atoms with Gasteiger partial charge in [0, 0.05) is 18.7 Å². The highest BCUT2D eigenvalue weighted by molar-refractivity contribution is 5.57. The lowest BCUT2D eigenvalue weighted by atomic mass is 9.81. The van der Waals surface area contributed by atoms with Gasteiger partial charge in [-0.15, -0.1) is 0 Å². The van der Waals surface area contributed by atoms with Crippen molar-refractivity contribution < 1.29 is 9.66 Å². The largest absolute Gasteiger partial charge is 0.481 e. The number of anilines is 1. The van der Waals surface area contributed by atoms with E-state index >= 15 is 0 Å². The number of nitro groups is 1. The minimum atomic E-state index is -0.431. The zero-order valence-corrected chi connectivity index (χ0v) is 11.8. The van der Waals surface area contributed by atoms with Crippen molar-refractivity contribution in [3.63, 3.8) is 0 Å². The Morgan fingerprint density at radius 1 is 1.50 bits per heavy atom. The maximum Gasteiger partial charge on any atom is 0.311 e. The number of piperidine rings is 1. The molecule has 0 spiro atoms. The van der Waals surface area contributed by atoms with Crippen molar-refractivity contribution in [3.8, 4) is 5.88 Å². The predicted octanol–water partition coefficient (Wildman–Crippen LogP) is 1.80. The van der Waals surface area contributed by atoms with Crippen LogP contribution in [0, 0.1) is 15.5 Å². The summed E-state index contributed by atoms with van der Waals surface area (Å²) in [6.07, 6.45) is 2.08. The molecule has 0 saturated carbocycles. The second-order valence-electron chi connectivity index (χ2n) is 5.39. The molecule has 0 atom stereocenters. The molecule has 1 saturated heterocycles. The molecule has 2 N–H and O–H groups in total. The van der Waals surface area contributed by atoms with Crippen LogP contribution < -0.4 is 15.4 Å². The zero-order chi connectivity index (χ0) is 14.6. The summed E-state index contributed by atoms with van der Waals surface area (Å²) in [6.45, 7) is 4.81. The molecular weight excluding hydrogens is 260 g/mol. The molecule has 7 nitrogen and oxygen atoms in total. The van der Waals surface area contributed by atoms with Crippen molar-refractivity contribution in [1.82, 2.24) is 10.3 Å². The molecule has 1 aliphatic rings. The van der Waals surface area contributed by atoms with Crippen LogP contribution in [-0.2, 0) is 0 Å². The molecule has 0 bridgehead atoms. The van der Waals surface area contributed by atoms with Gasteiger partial charge in [0.15, 0.2) is 0 Å². The summed E-state index contributed by atoms with van der Waals surface area (Å²) in [7, 11) is 1.49. The molecule has 1 aromatic heterocycles. The number of rotatable bonds is 5. The molecule has 0 aliphatic carbocycles. The summed E-state index contributed by atoms with van der Waals surface area (Å²) in [5, 5.41) is 17.5. The van der Waals surface area contributed by atoms with E-state index < -0.39 is 4.92 Å². The second kappa shape index (κ2) is 6.04. The number of hydrogen-bond acceptors (Lipinski definition) is 6. The van der Waals surface area contributed by atoms with Gasteiger partial charge < -0.3 is 15.4 Å². The fourth-order valence-corrected chi connectivity index (χ4v) is 2.33. The Hall–Kier alpha value is -1.89. The SMILES string of the molecule is COc1ccc([N+](=O)[O-])c(NCC2(C)CCNCC2)n1. The molecule has 0 amide bonds. The molecule has 0 radical (unpaired) electrons. The Labute approximate surface area is 117 Å². The predicted molar refractivity (Wildman–Crippen MR) is 76.1 cm³/mol. The van der Waals surface area contributed by atoms with Gasteiger partial charge in [-0.2, -0.15) is 4.98 Å². The van der Waals surface area contributed by atoms with Crippen LogP contribution in [-0.4, -0.2) is 36.7 Å². The average molecular weight is 280 g/mol.